The van der Waals surface area contributed by atoms with Gasteiger partial charge < -0.3 is 15.8 Å². The summed E-state index contributed by atoms with van der Waals surface area (Å²) in [5.41, 5.74) is 6.85. The summed E-state index contributed by atoms with van der Waals surface area (Å²) in [6.07, 6.45) is 4.23. The summed E-state index contributed by atoms with van der Waals surface area (Å²) in [7, 11) is 1.64. The molecule has 0 heterocycles. The van der Waals surface area contributed by atoms with Gasteiger partial charge in [0.2, 0.25) is 5.91 Å². The van der Waals surface area contributed by atoms with Crippen LogP contribution in [0.2, 0.25) is 0 Å². The van der Waals surface area contributed by atoms with Crippen molar-refractivity contribution in [3.63, 3.8) is 0 Å². The second-order valence-electron chi connectivity index (χ2n) is 5.46. The number of ether oxygens (including phenoxy) is 1. The van der Waals surface area contributed by atoms with Crippen molar-refractivity contribution < 1.29 is 9.53 Å². The molecule has 0 aromatic heterocycles. The van der Waals surface area contributed by atoms with Crippen molar-refractivity contribution in [3.8, 4) is 5.75 Å². The highest BCUT2D eigenvalue weighted by Gasteiger charge is 2.30. The predicted octanol–water partition coefficient (Wildman–Crippen LogP) is 2.20. The standard InChI is InChI=1S/C16H22N2O2S/c1-20-12-8-5-11(6-9-12)7-10-15(19)18-14-4-2-3-13(14)16(17)21/h5-6,8-9,13-14H,2-4,7,10H2,1H3,(H2,17,21)(H,18,19). The molecule has 1 aliphatic carbocycles. The van der Waals surface area contributed by atoms with Crippen LogP contribution in [0.25, 0.3) is 0 Å². The minimum Gasteiger partial charge on any atom is -0.497 e. The van der Waals surface area contributed by atoms with E-state index in [1.54, 1.807) is 7.11 Å². The number of amides is 1. The minimum absolute atomic E-state index is 0.0685. The molecule has 2 unspecified atom stereocenters. The summed E-state index contributed by atoms with van der Waals surface area (Å²) in [6, 6.07) is 7.91. The molecule has 1 fully saturated rings. The molecular weight excluding hydrogens is 284 g/mol. The number of methoxy groups -OCH3 is 1. The van der Waals surface area contributed by atoms with E-state index < -0.39 is 0 Å². The normalized spacial score (nSPS) is 21.0. The van der Waals surface area contributed by atoms with Gasteiger partial charge in [0.1, 0.15) is 5.75 Å². The molecule has 0 spiro atoms. The molecule has 4 nitrogen and oxygen atoms in total. The van der Waals surface area contributed by atoms with E-state index in [1.165, 1.54) is 0 Å². The van der Waals surface area contributed by atoms with Gasteiger partial charge in [-0.15, -0.1) is 0 Å². The fraction of sp³-hybridized carbons (Fsp3) is 0.500. The summed E-state index contributed by atoms with van der Waals surface area (Å²) in [5, 5.41) is 3.07. The Kier molecular flexibility index (Phi) is 5.56. The van der Waals surface area contributed by atoms with Gasteiger partial charge in [-0.3, -0.25) is 4.79 Å². The first kappa shape index (κ1) is 15.8. The van der Waals surface area contributed by atoms with Crippen LogP contribution in [0.4, 0.5) is 0 Å². The molecule has 2 atom stereocenters. The van der Waals surface area contributed by atoms with Crippen molar-refractivity contribution in [2.45, 2.75) is 38.1 Å². The summed E-state index contributed by atoms with van der Waals surface area (Å²) in [4.78, 5) is 12.6. The first-order chi connectivity index (χ1) is 10.1. The molecule has 5 heteroatoms. The Morgan fingerprint density at radius 3 is 2.71 bits per heavy atom. The van der Waals surface area contributed by atoms with Crippen LogP contribution in [0.5, 0.6) is 5.75 Å². The molecule has 0 bridgehead atoms. The first-order valence-corrected chi connectivity index (χ1v) is 7.72. The highest BCUT2D eigenvalue weighted by molar-refractivity contribution is 7.80. The zero-order chi connectivity index (χ0) is 15.2. The lowest BCUT2D eigenvalue weighted by atomic mass is 10.0. The van der Waals surface area contributed by atoms with Gasteiger partial charge in [-0.25, -0.2) is 0 Å². The molecule has 1 aromatic rings. The monoisotopic (exact) mass is 306 g/mol. The Morgan fingerprint density at radius 2 is 2.10 bits per heavy atom. The lowest BCUT2D eigenvalue weighted by molar-refractivity contribution is -0.121. The summed E-state index contributed by atoms with van der Waals surface area (Å²) in [5.74, 6) is 1.05. The van der Waals surface area contributed by atoms with E-state index in [0.29, 0.717) is 11.4 Å². The van der Waals surface area contributed by atoms with Gasteiger partial charge in [0.15, 0.2) is 0 Å². The number of hydrogen-bond donors (Lipinski definition) is 2. The lowest BCUT2D eigenvalue weighted by Gasteiger charge is -2.19. The molecular formula is C16H22N2O2S. The summed E-state index contributed by atoms with van der Waals surface area (Å²) in [6.45, 7) is 0. The highest BCUT2D eigenvalue weighted by Crippen LogP contribution is 2.26. The first-order valence-electron chi connectivity index (χ1n) is 7.31. The van der Waals surface area contributed by atoms with Crippen LogP contribution in [0.15, 0.2) is 24.3 Å². The lowest BCUT2D eigenvalue weighted by Crippen LogP contribution is -2.41. The maximum absolute atomic E-state index is 12.0. The molecule has 3 N–H and O–H groups in total. The number of nitrogens with two attached hydrogens (primary N) is 1. The molecule has 2 rings (SSSR count). The number of carbonyl (C=O) groups excluding carboxylic acids is 1. The van der Waals surface area contributed by atoms with Gasteiger partial charge in [-0.05, 0) is 37.0 Å². The molecule has 0 aliphatic heterocycles. The Labute approximate surface area is 131 Å². The molecule has 1 aromatic carbocycles. The topological polar surface area (TPSA) is 64.3 Å². The molecule has 1 saturated carbocycles. The molecule has 21 heavy (non-hydrogen) atoms. The third-order valence-corrected chi connectivity index (χ3v) is 4.33. The Hall–Kier alpha value is -1.62. The third-order valence-electron chi connectivity index (χ3n) is 4.03. The van der Waals surface area contributed by atoms with Crippen LogP contribution in [-0.4, -0.2) is 24.0 Å². The van der Waals surface area contributed by atoms with Gasteiger partial charge >= 0.3 is 0 Å². The van der Waals surface area contributed by atoms with Crippen LogP contribution in [-0.2, 0) is 11.2 Å². The van der Waals surface area contributed by atoms with Crippen LogP contribution in [0, 0.1) is 5.92 Å². The number of thiocarbonyl (C=S) groups is 1. The predicted molar refractivity (Wildman–Crippen MR) is 87.4 cm³/mol. The highest BCUT2D eigenvalue weighted by atomic mass is 32.1. The average Bonchev–Trinajstić information content (AvgIpc) is 2.94. The van der Waals surface area contributed by atoms with Crippen molar-refractivity contribution >= 4 is 23.1 Å². The van der Waals surface area contributed by atoms with E-state index in [9.17, 15) is 4.79 Å². The van der Waals surface area contributed by atoms with Crippen molar-refractivity contribution in [3.05, 3.63) is 29.8 Å². The van der Waals surface area contributed by atoms with E-state index >= 15 is 0 Å². The quantitative estimate of drug-likeness (QED) is 0.791. The smallest absolute Gasteiger partial charge is 0.220 e. The van der Waals surface area contributed by atoms with E-state index in [0.717, 1.165) is 37.0 Å². The fourth-order valence-corrected chi connectivity index (χ4v) is 3.08. The van der Waals surface area contributed by atoms with Gasteiger partial charge in [-0.1, -0.05) is 30.8 Å². The van der Waals surface area contributed by atoms with Crippen molar-refractivity contribution in [1.29, 1.82) is 0 Å². The second kappa shape index (κ2) is 7.41. The maximum Gasteiger partial charge on any atom is 0.220 e. The summed E-state index contributed by atoms with van der Waals surface area (Å²) >= 11 is 5.06. The maximum atomic E-state index is 12.0. The van der Waals surface area contributed by atoms with Crippen LogP contribution in [0.1, 0.15) is 31.2 Å². The van der Waals surface area contributed by atoms with Crippen molar-refractivity contribution in [2.24, 2.45) is 11.7 Å². The van der Waals surface area contributed by atoms with Gasteiger partial charge in [0.05, 0.1) is 12.1 Å². The zero-order valence-electron chi connectivity index (χ0n) is 12.3. The number of aryl methyl sites for hydroxylation is 1. The number of hydrogen-bond acceptors (Lipinski definition) is 3. The fourth-order valence-electron chi connectivity index (χ4n) is 2.80. The third kappa shape index (κ3) is 4.43. The van der Waals surface area contributed by atoms with Gasteiger partial charge in [0.25, 0.3) is 0 Å². The van der Waals surface area contributed by atoms with E-state index in [1.807, 2.05) is 24.3 Å². The van der Waals surface area contributed by atoms with Gasteiger partial charge in [-0.2, -0.15) is 0 Å². The average molecular weight is 306 g/mol. The summed E-state index contributed by atoms with van der Waals surface area (Å²) < 4.78 is 5.11. The molecule has 1 amide bonds. The van der Waals surface area contributed by atoms with Gasteiger partial charge in [0, 0.05) is 18.4 Å². The van der Waals surface area contributed by atoms with E-state index in [2.05, 4.69) is 5.32 Å². The molecule has 114 valence electrons. The van der Waals surface area contributed by atoms with Crippen LogP contribution >= 0.6 is 12.2 Å². The number of benzene rings is 1. The number of nitrogens with one attached hydrogen (secondary N) is 1. The minimum atomic E-state index is 0.0685. The molecule has 0 radical (unpaired) electrons. The zero-order valence-corrected chi connectivity index (χ0v) is 13.1. The Morgan fingerprint density at radius 1 is 1.38 bits per heavy atom. The second-order valence-corrected chi connectivity index (χ2v) is 5.93. The SMILES string of the molecule is COc1ccc(CCC(=O)NC2CCCC2C(N)=S)cc1. The van der Waals surface area contributed by atoms with E-state index in [-0.39, 0.29) is 17.9 Å². The van der Waals surface area contributed by atoms with Crippen molar-refractivity contribution in [2.75, 3.05) is 7.11 Å². The Bertz CT molecular complexity index is 502. The van der Waals surface area contributed by atoms with Crippen LogP contribution in [0.3, 0.4) is 0 Å². The molecule has 1 aliphatic rings. The van der Waals surface area contributed by atoms with Crippen molar-refractivity contribution in [1.82, 2.24) is 5.32 Å². The number of rotatable bonds is 6. The van der Waals surface area contributed by atoms with Crippen LogP contribution < -0.4 is 15.8 Å². The largest absolute Gasteiger partial charge is 0.497 e. The van der Waals surface area contributed by atoms with E-state index in [4.69, 9.17) is 22.7 Å². The Balaban J connectivity index is 1.80. The molecule has 0 saturated heterocycles. The number of carbonyl (C=O) groups is 1.